The molecule has 0 amide bonds. The quantitative estimate of drug-likeness (QED) is 0.752. The van der Waals surface area contributed by atoms with Crippen molar-refractivity contribution >= 4 is 26.7 Å². The third kappa shape index (κ3) is 3.00. The fraction of sp³-hybridized carbons (Fsp3) is 0.235. The van der Waals surface area contributed by atoms with E-state index in [9.17, 15) is 0 Å². The number of thiazole rings is 1. The molecule has 4 heteroatoms. The first kappa shape index (κ1) is 13.9. The molecule has 0 fully saturated rings. The molecular formula is C17H18N2OS. The maximum absolute atomic E-state index is 5.19. The van der Waals surface area contributed by atoms with Crippen LogP contribution in [-0.4, -0.2) is 12.1 Å². The predicted molar refractivity (Wildman–Crippen MR) is 89.4 cm³/mol. The lowest BCUT2D eigenvalue weighted by molar-refractivity contribution is 0.414. The fourth-order valence-electron chi connectivity index (χ4n) is 2.25. The van der Waals surface area contributed by atoms with Crippen LogP contribution in [0.3, 0.4) is 0 Å². The van der Waals surface area contributed by atoms with E-state index in [1.807, 2.05) is 12.1 Å². The number of ether oxygens (including phenoxy) is 1. The molecule has 108 valence electrons. The van der Waals surface area contributed by atoms with Crippen LogP contribution in [0.1, 0.15) is 24.1 Å². The Morgan fingerprint density at radius 2 is 1.90 bits per heavy atom. The molecule has 2 aromatic carbocycles. The second kappa shape index (κ2) is 5.74. The molecule has 1 unspecified atom stereocenters. The van der Waals surface area contributed by atoms with E-state index in [1.54, 1.807) is 18.4 Å². The van der Waals surface area contributed by atoms with Gasteiger partial charge in [0.1, 0.15) is 5.75 Å². The van der Waals surface area contributed by atoms with Gasteiger partial charge in [0.25, 0.3) is 0 Å². The van der Waals surface area contributed by atoms with E-state index in [0.29, 0.717) is 0 Å². The van der Waals surface area contributed by atoms with Gasteiger partial charge >= 0.3 is 0 Å². The lowest BCUT2D eigenvalue weighted by atomic mass is 10.1. The van der Waals surface area contributed by atoms with Crippen LogP contribution in [-0.2, 0) is 0 Å². The van der Waals surface area contributed by atoms with Gasteiger partial charge in [0, 0.05) is 0 Å². The number of aromatic nitrogens is 1. The van der Waals surface area contributed by atoms with Gasteiger partial charge in [0.05, 0.1) is 23.4 Å². The summed E-state index contributed by atoms with van der Waals surface area (Å²) in [6.45, 7) is 4.24. The van der Waals surface area contributed by atoms with Crippen molar-refractivity contribution in [3.63, 3.8) is 0 Å². The number of rotatable bonds is 4. The van der Waals surface area contributed by atoms with Crippen molar-refractivity contribution in [2.75, 3.05) is 12.4 Å². The Labute approximate surface area is 128 Å². The number of hydrogen-bond acceptors (Lipinski definition) is 4. The van der Waals surface area contributed by atoms with E-state index in [1.165, 1.54) is 15.8 Å². The summed E-state index contributed by atoms with van der Waals surface area (Å²) >= 11 is 1.70. The van der Waals surface area contributed by atoms with Gasteiger partial charge in [-0.05, 0) is 49.2 Å². The average molecular weight is 298 g/mol. The number of nitrogens with zero attached hydrogens (tertiary/aromatic N) is 1. The van der Waals surface area contributed by atoms with Crippen LogP contribution in [0.15, 0.2) is 42.5 Å². The van der Waals surface area contributed by atoms with Gasteiger partial charge < -0.3 is 10.1 Å². The van der Waals surface area contributed by atoms with Gasteiger partial charge in [0.15, 0.2) is 5.13 Å². The molecule has 0 aliphatic carbocycles. The van der Waals surface area contributed by atoms with Gasteiger partial charge in [0.2, 0.25) is 0 Å². The number of benzene rings is 2. The van der Waals surface area contributed by atoms with Crippen molar-refractivity contribution in [1.29, 1.82) is 0 Å². The zero-order valence-electron chi connectivity index (χ0n) is 12.4. The molecule has 0 saturated carbocycles. The fourth-order valence-corrected chi connectivity index (χ4v) is 3.31. The predicted octanol–water partition coefficient (Wildman–Crippen LogP) is 4.79. The Balaban J connectivity index is 1.79. The highest BCUT2D eigenvalue weighted by Gasteiger charge is 2.09. The summed E-state index contributed by atoms with van der Waals surface area (Å²) in [6.07, 6.45) is 0. The highest BCUT2D eigenvalue weighted by Crippen LogP contribution is 2.29. The molecule has 0 saturated heterocycles. The molecule has 1 N–H and O–H groups in total. The zero-order chi connectivity index (χ0) is 14.8. The van der Waals surface area contributed by atoms with Crippen LogP contribution < -0.4 is 10.1 Å². The minimum atomic E-state index is 0.206. The molecule has 1 atom stereocenters. The molecule has 21 heavy (non-hydrogen) atoms. The molecule has 1 heterocycles. The normalized spacial score (nSPS) is 12.3. The van der Waals surface area contributed by atoms with E-state index in [-0.39, 0.29) is 6.04 Å². The molecule has 0 aliphatic rings. The van der Waals surface area contributed by atoms with Gasteiger partial charge in [-0.1, -0.05) is 29.5 Å². The number of anilines is 1. The van der Waals surface area contributed by atoms with Crippen LogP contribution in [0.25, 0.3) is 10.2 Å². The van der Waals surface area contributed by atoms with Crippen molar-refractivity contribution in [1.82, 2.24) is 4.98 Å². The van der Waals surface area contributed by atoms with Crippen molar-refractivity contribution in [3.05, 3.63) is 53.6 Å². The summed E-state index contributed by atoms with van der Waals surface area (Å²) in [5.41, 5.74) is 3.53. The summed E-state index contributed by atoms with van der Waals surface area (Å²) in [4.78, 5) is 4.64. The van der Waals surface area contributed by atoms with Crippen molar-refractivity contribution in [3.8, 4) is 5.75 Å². The maximum atomic E-state index is 5.19. The smallest absolute Gasteiger partial charge is 0.184 e. The van der Waals surface area contributed by atoms with Crippen molar-refractivity contribution in [2.45, 2.75) is 19.9 Å². The second-order valence-corrected chi connectivity index (χ2v) is 6.16. The van der Waals surface area contributed by atoms with Crippen LogP contribution >= 0.6 is 11.3 Å². The van der Waals surface area contributed by atoms with E-state index < -0.39 is 0 Å². The first-order valence-corrected chi connectivity index (χ1v) is 7.75. The van der Waals surface area contributed by atoms with E-state index in [4.69, 9.17) is 4.74 Å². The van der Waals surface area contributed by atoms with Crippen LogP contribution in [0.5, 0.6) is 5.75 Å². The Morgan fingerprint density at radius 3 is 2.62 bits per heavy atom. The minimum absolute atomic E-state index is 0.206. The topological polar surface area (TPSA) is 34.1 Å². The average Bonchev–Trinajstić information content (AvgIpc) is 2.88. The van der Waals surface area contributed by atoms with E-state index in [0.717, 1.165) is 16.4 Å². The summed E-state index contributed by atoms with van der Waals surface area (Å²) in [6, 6.07) is 14.7. The Kier molecular flexibility index (Phi) is 3.80. The van der Waals surface area contributed by atoms with Gasteiger partial charge in [-0.2, -0.15) is 0 Å². The summed E-state index contributed by atoms with van der Waals surface area (Å²) in [5, 5.41) is 4.43. The third-order valence-corrected chi connectivity index (χ3v) is 4.45. The second-order valence-electron chi connectivity index (χ2n) is 5.13. The lowest BCUT2D eigenvalue weighted by Crippen LogP contribution is -2.06. The van der Waals surface area contributed by atoms with Crippen LogP contribution in [0, 0.1) is 6.92 Å². The minimum Gasteiger partial charge on any atom is -0.497 e. The molecule has 0 aliphatic heterocycles. The van der Waals surface area contributed by atoms with Gasteiger partial charge in [-0.15, -0.1) is 0 Å². The standard InChI is InChI=1S/C17H18N2OS/c1-11-4-9-15-16(10-11)21-17(19-15)18-12(2)13-5-7-14(20-3)8-6-13/h4-10,12H,1-3H3,(H,18,19). The molecule has 0 bridgehead atoms. The van der Waals surface area contributed by atoms with Crippen LogP contribution in [0.2, 0.25) is 0 Å². The summed E-state index contributed by atoms with van der Waals surface area (Å²) < 4.78 is 6.41. The number of nitrogens with one attached hydrogen (secondary N) is 1. The summed E-state index contributed by atoms with van der Waals surface area (Å²) in [7, 11) is 1.68. The molecule has 3 rings (SSSR count). The Hall–Kier alpha value is -2.07. The largest absolute Gasteiger partial charge is 0.497 e. The highest BCUT2D eigenvalue weighted by atomic mass is 32.1. The summed E-state index contributed by atoms with van der Waals surface area (Å²) in [5.74, 6) is 0.876. The number of hydrogen-bond donors (Lipinski definition) is 1. The Morgan fingerprint density at radius 1 is 1.14 bits per heavy atom. The number of methoxy groups -OCH3 is 1. The number of fused-ring (bicyclic) bond motifs is 1. The highest BCUT2D eigenvalue weighted by molar-refractivity contribution is 7.22. The molecule has 1 aromatic heterocycles. The molecular weight excluding hydrogens is 280 g/mol. The Bertz CT molecular complexity index is 749. The molecule has 0 spiro atoms. The van der Waals surface area contributed by atoms with Gasteiger partial charge in [-0.25, -0.2) is 4.98 Å². The van der Waals surface area contributed by atoms with Crippen molar-refractivity contribution < 1.29 is 4.74 Å². The van der Waals surface area contributed by atoms with E-state index in [2.05, 4.69) is 54.5 Å². The van der Waals surface area contributed by atoms with Crippen LogP contribution in [0.4, 0.5) is 5.13 Å². The molecule has 0 radical (unpaired) electrons. The third-order valence-electron chi connectivity index (χ3n) is 3.50. The lowest BCUT2D eigenvalue weighted by Gasteiger charge is -2.13. The van der Waals surface area contributed by atoms with Crippen molar-refractivity contribution in [2.24, 2.45) is 0 Å². The maximum Gasteiger partial charge on any atom is 0.184 e. The molecule has 3 nitrogen and oxygen atoms in total. The zero-order valence-corrected chi connectivity index (χ0v) is 13.2. The first-order valence-electron chi connectivity index (χ1n) is 6.93. The molecule has 3 aromatic rings. The van der Waals surface area contributed by atoms with E-state index >= 15 is 0 Å². The number of aryl methyl sites for hydroxylation is 1. The van der Waals surface area contributed by atoms with Gasteiger partial charge in [-0.3, -0.25) is 0 Å². The SMILES string of the molecule is COc1ccc(C(C)Nc2nc3ccc(C)cc3s2)cc1. The monoisotopic (exact) mass is 298 g/mol. The first-order chi connectivity index (χ1) is 10.2.